The van der Waals surface area contributed by atoms with E-state index in [-0.39, 0.29) is 0 Å². The Morgan fingerprint density at radius 3 is 2.95 bits per heavy atom. The van der Waals surface area contributed by atoms with Gasteiger partial charge in [0.25, 0.3) is 0 Å². The molecule has 22 heavy (non-hydrogen) atoms. The van der Waals surface area contributed by atoms with Gasteiger partial charge >= 0.3 is 0 Å². The standard InChI is InChI=1S/C19H23NO2/c1-12-10-19(6-7-22-11-16(12)19)14-4-5-17-15(9-14)18(21-3)8-13(2)20-17/h4-5,8-9,12,16H,6-7,10-11H2,1-3H3. The predicted octanol–water partition coefficient (Wildman–Crippen LogP) is 3.87. The molecule has 1 aromatic carbocycles. The molecule has 0 radical (unpaired) electrons. The summed E-state index contributed by atoms with van der Waals surface area (Å²) in [5.74, 6) is 2.34. The van der Waals surface area contributed by atoms with Gasteiger partial charge in [-0.1, -0.05) is 13.0 Å². The van der Waals surface area contributed by atoms with Gasteiger partial charge in [-0.05, 0) is 49.3 Å². The van der Waals surface area contributed by atoms with Crippen molar-refractivity contribution in [2.75, 3.05) is 20.3 Å². The molecule has 2 aromatic rings. The second-order valence-electron chi connectivity index (χ2n) is 6.97. The molecule has 1 saturated carbocycles. The van der Waals surface area contributed by atoms with Crippen LogP contribution in [0.4, 0.5) is 0 Å². The first-order chi connectivity index (χ1) is 10.6. The van der Waals surface area contributed by atoms with Gasteiger partial charge in [0.05, 0.1) is 19.2 Å². The quantitative estimate of drug-likeness (QED) is 0.843. The lowest BCUT2D eigenvalue weighted by Gasteiger charge is -2.57. The number of hydrogen-bond acceptors (Lipinski definition) is 3. The Balaban J connectivity index is 1.84. The molecule has 116 valence electrons. The minimum Gasteiger partial charge on any atom is -0.496 e. The largest absolute Gasteiger partial charge is 0.496 e. The molecule has 1 aromatic heterocycles. The van der Waals surface area contributed by atoms with E-state index in [9.17, 15) is 0 Å². The van der Waals surface area contributed by atoms with E-state index in [0.717, 1.165) is 47.9 Å². The third kappa shape index (κ3) is 1.88. The zero-order valence-electron chi connectivity index (χ0n) is 13.6. The van der Waals surface area contributed by atoms with Gasteiger partial charge in [-0.15, -0.1) is 0 Å². The smallest absolute Gasteiger partial charge is 0.130 e. The molecule has 2 aliphatic rings. The van der Waals surface area contributed by atoms with Gasteiger partial charge in [0, 0.05) is 29.2 Å². The van der Waals surface area contributed by atoms with Gasteiger partial charge in [-0.3, -0.25) is 4.98 Å². The number of fused-ring (bicyclic) bond motifs is 2. The second kappa shape index (κ2) is 4.95. The van der Waals surface area contributed by atoms with E-state index in [2.05, 4.69) is 30.1 Å². The highest BCUT2D eigenvalue weighted by Gasteiger charge is 2.54. The van der Waals surface area contributed by atoms with Crippen molar-refractivity contribution < 1.29 is 9.47 Å². The fourth-order valence-electron chi connectivity index (χ4n) is 4.60. The van der Waals surface area contributed by atoms with Gasteiger partial charge in [0.1, 0.15) is 5.75 Å². The van der Waals surface area contributed by atoms with E-state index < -0.39 is 0 Å². The van der Waals surface area contributed by atoms with Crippen LogP contribution in [0.5, 0.6) is 5.75 Å². The predicted molar refractivity (Wildman–Crippen MR) is 87.4 cm³/mol. The van der Waals surface area contributed by atoms with Crippen LogP contribution in [0.25, 0.3) is 10.9 Å². The minimum absolute atomic E-state index is 0.307. The maximum absolute atomic E-state index is 5.73. The summed E-state index contributed by atoms with van der Waals surface area (Å²) < 4.78 is 11.3. The Hall–Kier alpha value is -1.61. The fourth-order valence-corrected chi connectivity index (χ4v) is 4.60. The highest BCUT2D eigenvalue weighted by Crippen LogP contribution is 2.57. The topological polar surface area (TPSA) is 31.4 Å². The molecule has 0 spiro atoms. The molecule has 3 nitrogen and oxygen atoms in total. The highest BCUT2D eigenvalue weighted by molar-refractivity contribution is 5.86. The van der Waals surface area contributed by atoms with Crippen molar-refractivity contribution in [3.05, 3.63) is 35.5 Å². The summed E-state index contributed by atoms with van der Waals surface area (Å²) in [5, 5.41) is 1.13. The molecule has 0 amide bonds. The second-order valence-corrected chi connectivity index (χ2v) is 6.97. The van der Waals surface area contributed by atoms with Gasteiger partial charge in [-0.25, -0.2) is 0 Å². The number of methoxy groups -OCH3 is 1. The zero-order chi connectivity index (χ0) is 15.3. The summed E-state index contributed by atoms with van der Waals surface area (Å²) in [6.07, 6.45) is 2.41. The molecule has 0 bridgehead atoms. The van der Waals surface area contributed by atoms with Crippen molar-refractivity contribution in [2.45, 2.75) is 32.1 Å². The maximum atomic E-state index is 5.73. The van der Waals surface area contributed by atoms with Gasteiger partial charge in [0.15, 0.2) is 0 Å². The van der Waals surface area contributed by atoms with Gasteiger partial charge in [0.2, 0.25) is 0 Å². The molecule has 0 N–H and O–H groups in total. The van der Waals surface area contributed by atoms with E-state index in [0.29, 0.717) is 11.3 Å². The van der Waals surface area contributed by atoms with Crippen molar-refractivity contribution >= 4 is 10.9 Å². The number of aromatic nitrogens is 1. The Morgan fingerprint density at radius 2 is 2.18 bits per heavy atom. The summed E-state index contributed by atoms with van der Waals surface area (Å²) >= 11 is 0. The number of aryl methyl sites for hydroxylation is 1. The molecule has 4 rings (SSSR count). The Morgan fingerprint density at radius 1 is 1.32 bits per heavy atom. The summed E-state index contributed by atoms with van der Waals surface area (Å²) in [5.41, 5.74) is 3.77. The van der Waals surface area contributed by atoms with Crippen LogP contribution in [0.1, 0.15) is 31.0 Å². The first-order valence-electron chi connectivity index (χ1n) is 8.18. The van der Waals surface area contributed by atoms with Gasteiger partial charge in [-0.2, -0.15) is 0 Å². The van der Waals surface area contributed by atoms with Crippen molar-refractivity contribution in [3.63, 3.8) is 0 Å². The minimum atomic E-state index is 0.307. The average molecular weight is 297 g/mol. The van der Waals surface area contributed by atoms with Crippen molar-refractivity contribution in [1.29, 1.82) is 0 Å². The number of nitrogens with zero attached hydrogens (tertiary/aromatic N) is 1. The van der Waals surface area contributed by atoms with Gasteiger partial charge < -0.3 is 9.47 Å². The van der Waals surface area contributed by atoms with Crippen LogP contribution < -0.4 is 4.74 Å². The molecule has 1 aliphatic heterocycles. The van der Waals surface area contributed by atoms with Crippen LogP contribution in [-0.4, -0.2) is 25.3 Å². The van der Waals surface area contributed by atoms with E-state index in [1.54, 1.807) is 7.11 Å². The number of ether oxygens (including phenoxy) is 2. The molecule has 1 aliphatic carbocycles. The number of benzene rings is 1. The number of hydrogen-bond donors (Lipinski definition) is 0. The lowest BCUT2D eigenvalue weighted by Crippen LogP contribution is -2.55. The van der Waals surface area contributed by atoms with Crippen molar-refractivity contribution in [1.82, 2.24) is 4.98 Å². The SMILES string of the molecule is COc1cc(C)nc2ccc(C34CCOCC3C(C)C4)cc12. The summed E-state index contributed by atoms with van der Waals surface area (Å²) in [6, 6.07) is 8.77. The maximum Gasteiger partial charge on any atom is 0.130 e. The normalized spacial score (nSPS) is 30.7. The van der Waals surface area contributed by atoms with E-state index in [1.165, 1.54) is 12.0 Å². The Bertz CT molecular complexity index is 723. The molecule has 2 fully saturated rings. The summed E-state index contributed by atoms with van der Waals surface area (Å²) in [7, 11) is 1.74. The fraction of sp³-hybridized carbons (Fsp3) is 0.526. The van der Waals surface area contributed by atoms with Crippen LogP contribution in [-0.2, 0) is 10.2 Å². The first-order valence-corrected chi connectivity index (χ1v) is 8.18. The zero-order valence-corrected chi connectivity index (χ0v) is 13.6. The number of pyridine rings is 1. The Kier molecular flexibility index (Phi) is 3.15. The lowest BCUT2D eigenvalue weighted by molar-refractivity contribution is -0.0929. The van der Waals surface area contributed by atoms with Crippen LogP contribution >= 0.6 is 0 Å². The first kappa shape index (κ1) is 14.0. The lowest BCUT2D eigenvalue weighted by atomic mass is 9.50. The van der Waals surface area contributed by atoms with Crippen LogP contribution in [0.2, 0.25) is 0 Å². The van der Waals surface area contributed by atoms with Crippen LogP contribution in [0.15, 0.2) is 24.3 Å². The molecule has 3 heteroatoms. The molecular formula is C19H23NO2. The van der Waals surface area contributed by atoms with Crippen LogP contribution in [0.3, 0.4) is 0 Å². The van der Waals surface area contributed by atoms with Crippen LogP contribution in [0, 0.1) is 18.8 Å². The Labute approximate surface area is 131 Å². The number of rotatable bonds is 2. The summed E-state index contributed by atoms with van der Waals surface area (Å²) in [6.45, 7) is 6.15. The van der Waals surface area contributed by atoms with E-state index in [4.69, 9.17) is 9.47 Å². The monoisotopic (exact) mass is 297 g/mol. The third-order valence-electron chi connectivity index (χ3n) is 5.77. The molecule has 3 atom stereocenters. The molecule has 1 saturated heterocycles. The molecule has 2 heterocycles. The summed E-state index contributed by atoms with van der Waals surface area (Å²) in [4.78, 5) is 4.64. The molecule has 3 unspecified atom stereocenters. The van der Waals surface area contributed by atoms with Crippen molar-refractivity contribution in [2.24, 2.45) is 11.8 Å². The molecular weight excluding hydrogens is 274 g/mol. The average Bonchev–Trinajstić information content (AvgIpc) is 2.52. The van der Waals surface area contributed by atoms with E-state index in [1.807, 2.05) is 13.0 Å². The highest BCUT2D eigenvalue weighted by atomic mass is 16.5. The van der Waals surface area contributed by atoms with Crippen molar-refractivity contribution in [3.8, 4) is 5.75 Å². The van der Waals surface area contributed by atoms with E-state index >= 15 is 0 Å². The third-order valence-corrected chi connectivity index (χ3v) is 5.77.